The highest BCUT2D eigenvalue weighted by Gasteiger charge is 2.14. The molecule has 0 amide bonds. The van der Waals surface area contributed by atoms with Crippen molar-refractivity contribution in [2.75, 3.05) is 17.6 Å². The number of aliphatic hydroxyl groups is 1. The molecule has 0 aliphatic heterocycles. The summed E-state index contributed by atoms with van der Waals surface area (Å²) in [6, 6.07) is 0. The van der Waals surface area contributed by atoms with Crippen LogP contribution in [0.25, 0.3) is 0 Å². The lowest BCUT2D eigenvalue weighted by Gasteiger charge is -2.18. The minimum Gasteiger partial charge on any atom is -0.389 e. The van der Waals surface area contributed by atoms with Crippen LogP contribution < -0.4 is 11.1 Å². The van der Waals surface area contributed by atoms with E-state index in [1.807, 2.05) is 0 Å². The predicted molar refractivity (Wildman–Crippen MR) is 56.2 cm³/mol. The molecule has 5 nitrogen and oxygen atoms in total. The molecular weight excluding hydrogens is 204 g/mol. The molecule has 1 heterocycles. The Kier molecular flexibility index (Phi) is 3.13. The molecule has 0 aliphatic rings. The summed E-state index contributed by atoms with van der Waals surface area (Å²) in [6.07, 6.45) is 1.31. The first kappa shape index (κ1) is 11.0. The van der Waals surface area contributed by atoms with E-state index in [9.17, 15) is 5.11 Å². The van der Waals surface area contributed by atoms with E-state index < -0.39 is 5.60 Å². The van der Waals surface area contributed by atoms with Crippen LogP contribution in [0.1, 0.15) is 13.8 Å². The lowest BCUT2D eigenvalue weighted by molar-refractivity contribution is 0.0944. The molecule has 6 heteroatoms. The largest absolute Gasteiger partial charge is 0.389 e. The van der Waals surface area contributed by atoms with Gasteiger partial charge in [0.15, 0.2) is 5.82 Å². The number of halogens is 1. The molecule has 0 aliphatic carbocycles. The molecule has 4 N–H and O–H groups in total. The lowest BCUT2D eigenvalue weighted by atomic mass is 10.1. The second-order valence-corrected chi connectivity index (χ2v) is 3.97. The van der Waals surface area contributed by atoms with E-state index in [2.05, 4.69) is 15.3 Å². The summed E-state index contributed by atoms with van der Waals surface area (Å²) in [4.78, 5) is 7.61. The van der Waals surface area contributed by atoms with Crippen molar-refractivity contribution in [1.29, 1.82) is 0 Å². The fraction of sp³-hybridized carbons (Fsp3) is 0.500. The highest BCUT2D eigenvalue weighted by Crippen LogP contribution is 2.23. The smallest absolute Gasteiger partial charge is 0.150 e. The van der Waals surface area contributed by atoms with Gasteiger partial charge in [-0.15, -0.1) is 0 Å². The van der Waals surface area contributed by atoms with E-state index in [0.717, 1.165) is 0 Å². The number of nitrogens with zero attached hydrogens (tertiary/aromatic N) is 2. The molecule has 0 saturated carbocycles. The Labute approximate surface area is 87.3 Å². The quantitative estimate of drug-likeness (QED) is 0.699. The first-order chi connectivity index (χ1) is 6.40. The van der Waals surface area contributed by atoms with Crippen LogP contribution in [-0.2, 0) is 0 Å². The van der Waals surface area contributed by atoms with Gasteiger partial charge in [-0.1, -0.05) is 11.6 Å². The molecule has 78 valence electrons. The number of nitrogens with one attached hydrogen (secondary N) is 1. The number of aromatic nitrogens is 2. The Balaban J connectivity index is 2.73. The van der Waals surface area contributed by atoms with E-state index in [4.69, 9.17) is 17.3 Å². The number of nitrogen functional groups attached to an aromatic ring is 1. The summed E-state index contributed by atoms with van der Waals surface area (Å²) in [5.41, 5.74) is 4.64. The number of nitrogens with two attached hydrogens (primary N) is 1. The molecule has 14 heavy (non-hydrogen) atoms. The third-order valence-electron chi connectivity index (χ3n) is 1.50. The van der Waals surface area contributed by atoms with Crippen molar-refractivity contribution in [3.63, 3.8) is 0 Å². The van der Waals surface area contributed by atoms with E-state index in [-0.39, 0.29) is 10.8 Å². The maximum Gasteiger partial charge on any atom is 0.150 e. The minimum absolute atomic E-state index is 0.222. The second-order valence-electron chi connectivity index (χ2n) is 3.59. The van der Waals surface area contributed by atoms with Crippen LogP contribution in [0.3, 0.4) is 0 Å². The normalized spacial score (nSPS) is 11.4. The number of hydrogen-bond acceptors (Lipinski definition) is 5. The summed E-state index contributed by atoms with van der Waals surface area (Å²) < 4.78 is 0. The van der Waals surface area contributed by atoms with Crippen molar-refractivity contribution >= 4 is 23.2 Å². The molecule has 0 unspecified atom stereocenters. The topological polar surface area (TPSA) is 84.1 Å². The predicted octanol–water partition coefficient (Wildman–Crippen LogP) is 0.895. The minimum atomic E-state index is -0.830. The molecule has 1 aromatic rings. The van der Waals surface area contributed by atoms with Crippen LogP contribution in [-0.4, -0.2) is 27.2 Å². The van der Waals surface area contributed by atoms with E-state index in [0.29, 0.717) is 12.4 Å². The van der Waals surface area contributed by atoms with Crippen LogP contribution >= 0.6 is 11.6 Å². The number of rotatable bonds is 3. The third-order valence-corrected chi connectivity index (χ3v) is 1.88. The van der Waals surface area contributed by atoms with Gasteiger partial charge in [0.25, 0.3) is 0 Å². The van der Waals surface area contributed by atoms with E-state index in [1.54, 1.807) is 13.8 Å². The molecule has 0 fully saturated rings. The summed E-state index contributed by atoms with van der Waals surface area (Å²) in [7, 11) is 0. The molecule has 0 saturated heterocycles. The van der Waals surface area contributed by atoms with Crippen LogP contribution in [0.4, 0.5) is 11.6 Å². The molecule has 0 radical (unpaired) electrons. The molecular formula is C8H13ClN4O. The molecule has 1 aromatic heterocycles. The summed E-state index contributed by atoms with van der Waals surface area (Å²) in [5, 5.41) is 12.6. The maximum atomic E-state index is 9.46. The molecule has 0 atom stereocenters. The second kappa shape index (κ2) is 3.98. The van der Waals surface area contributed by atoms with Crippen LogP contribution in [0.15, 0.2) is 6.33 Å². The van der Waals surface area contributed by atoms with Gasteiger partial charge in [-0.3, -0.25) is 0 Å². The van der Waals surface area contributed by atoms with E-state index in [1.165, 1.54) is 6.33 Å². The van der Waals surface area contributed by atoms with Crippen molar-refractivity contribution in [1.82, 2.24) is 9.97 Å². The van der Waals surface area contributed by atoms with Gasteiger partial charge >= 0.3 is 0 Å². The number of hydrogen-bond donors (Lipinski definition) is 3. The SMILES string of the molecule is CC(C)(O)CNc1ncnc(N)c1Cl. The van der Waals surface area contributed by atoms with Crippen LogP contribution in [0.5, 0.6) is 0 Å². The molecule has 1 rings (SSSR count). The average molecular weight is 217 g/mol. The highest BCUT2D eigenvalue weighted by molar-refractivity contribution is 6.35. The standard InChI is InChI=1S/C8H13ClN4O/c1-8(2,14)3-11-7-5(9)6(10)12-4-13-7/h4,14H,3H2,1-2H3,(H3,10,11,12,13). The van der Waals surface area contributed by atoms with Gasteiger partial charge < -0.3 is 16.2 Å². The highest BCUT2D eigenvalue weighted by atomic mass is 35.5. The first-order valence-electron chi connectivity index (χ1n) is 4.12. The Hall–Kier alpha value is -1.07. The van der Waals surface area contributed by atoms with Crippen molar-refractivity contribution in [2.24, 2.45) is 0 Å². The first-order valence-corrected chi connectivity index (χ1v) is 4.50. The third kappa shape index (κ3) is 3.01. The molecule has 0 bridgehead atoms. The number of anilines is 2. The van der Waals surface area contributed by atoms with Gasteiger partial charge in [-0.25, -0.2) is 9.97 Å². The fourth-order valence-corrected chi connectivity index (χ4v) is 0.971. The fourth-order valence-electron chi connectivity index (χ4n) is 0.807. The van der Waals surface area contributed by atoms with E-state index >= 15 is 0 Å². The zero-order chi connectivity index (χ0) is 10.8. The lowest BCUT2D eigenvalue weighted by Crippen LogP contribution is -2.29. The van der Waals surface area contributed by atoms with Gasteiger partial charge in [-0.2, -0.15) is 0 Å². The van der Waals surface area contributed by atoms with Crippen molar-refractivity contribution in [3.8, 4) is 0 Å². The van der Waals surface area contributed by atoms with Crippen molar-refractivity contribution in [3.05, 3.63) is 11.3 Å². The summed E-state index contributed by atoms with van der Waals surface area (Å²) in [5.74, 6) is 0.654. The zero-order valence-electron chi connectivity index (χ0n) is 8.08. The zero-order valence-corrected chi connectivity index (χ0v) is 8.84. The Bertz CT molecular complexity index is 324. The van der Waals surface area contributed by atoms with Crippen molar-refractivity contribution in [2.45, 2.75) is 19.4 Å². The Morgan fingerprint density at radius 2 is 2.21 bits per heavy atom. The summed E-state index contributed by atoms with van der Waals surface area (Å²) in [6.45, 7) is 3.69. The van der Waals surface area contributed by atoms with Gasteiger partial charge in [0, 0.05) is 6.54 Å². The van der Waals surface area contributed by atoms with Gasteiger partial charge in [-0.05, 0) is 13.8 Å². The van der Waals surface area contributed by atoms with Crippen LogP contribution in [0, 0.1) is 0 Å². The van der Waals surface area contributed by atoms with Crippen LogP contribution in [0.2, 0.25) is 5.02 Å². The average Bonchev–Trinajstić information content (AvgIpc) is 2.06. The van der Waals surface area contributed by atoms with Crippen molar-refractivity contribution < 1.29 is 5.11 Å². The summed E-state index contributed by atoms with van der Waals surface area (Å²) >= 11 is 5.83. The Morgan fingerprint density at radius 3 is 2.79 bits per heavy atom. The van der Waals surface area contributed by atoms with Gasteiger partial charge in [0.1, 0.15) is 17.2 Å². The van der Waals surface area contributed by atoms with Gasteiger partial charge in [0.2, 0.25) is 0 Å². The monoisotopic (exact) mass is 216 g/mol. The molecule has 0 aromatic carbocycles. The molecule has 0 spiro atoms. The Morgan fingerprint density at radius 1 is 1.57 bits per heavy atom. The maximum absolute atomic E-state index is 9.46. The van der Waals surface area contributed by atoms with Gasteiger partial charge in [0.05, 0.1) is 5.60 Å².